The van der Waals surface area contributed by atoms with Crippen molar-refractivity contribution in [2.75, 3.05) is 13.1 Å². The fourth-order valence-corrected chi connectivity index (χ4v) is 3.27. The summed E-state index contributed by atoms with van der Waals surface area (Å²) in [7, 11) is 0. The summed E-state index contributed by atoms with van der Waals surface area (Å²) in [6.45, 7) is 2.62. The van der Waals surface area contributed by atoms with Crippen molar-refractivity contribution in [1.29, 1.82) is 0 Å². The van der Waals surface area contributed by atoms with Gasteiger partial charge in [-0.25, -0.2) is 0 Å². The van der Waals surface area contributed by atoms with Crippen molar-refractivity contribution >= 4 is 43.7 Å². The molecule has 1 heterocycles. The second-order valence-electron chi connectivity index (χ2n) is 5.04. The number of amides is 1. The summed E-state index contributed by atoms with van der Waals surface area (Å²) < 4.78 is 1.54. The van der Waals surface area contributed by atoms with E-state index in [1.54, 1.807) is 17.0 Å². The first kappa shape index (κ1) is 15.5. The highest BCUT2D eigenvalue weighted by Gasteiger charge is 2.45. The zero-order valence-corrected chi connectivity index (χ0v) is 14.2. The van der Waals surface area contributed by atoms with E-state index in [2.05, 4.69) is 31.9 Å². The number of benzene rings is 1. The zero-order valence-electron chi connectivity index (χ0n) is 11.0. The van der Waals surface area contributed by atoms with Gasteiger partial charge >= 0.3 is 5.97 Å². The number of halogens is 2. The van der Waals surface area contributed by atoms with Gasteiger partial charge in [-0.05, 0) is 47.0 Å². The number of aliphatic carboxylic acids is 1. The van der Waals surface area contributed by atoms with E-state index in [-0.39, 0.29) is 12.5 Å². The van der Waals surface area contributed by atoms with Crippen LogP contribution < -0.4 is 0 Å². The van der Waals surface area contributed by atoms with Crippen LogP contribution in [0.2, 0.25) is 0 Å². The van der Waals surface area contributed by atoms with Crippen molar-refractivity contribution in [1.82, 2.24) is 4.90 Å². The van der Waals surface area contributed by atoms with E-state index < -0.39 is 11.4 Å². The highest BCUT2D eigenvalue weighted by molar-refractivity contribution is 9.11. The third-order valence-electron chi connectivity index (χ3n) is 3.93. The van der Waals surface area contributed by atoms with Gasteiger partial charge in [-0.15, -0.1) is 0 Å². The summed E-state index contributed by atoms with van der Waals surface area (Å²) in [5.74, 6) is -0.946. The molecule has 1 amide bonds. The Balaban J connectivity index is 2.24. The van der Waals surface area contributed by atoms with E-state index in [1.165, 1.54) is 0 Å². The number of carbonyl (C=O) groups excluding carboxylic acids is 1. The van der Waals surface area contributed by atoms with Crippen molar-refractivity contribution in [2.45, 2.75) is 19.8 Å². The fourth-order valence-electron chi connectivity index (χ4n) is 2.49. The molecule has 0 aromatic heterocycles. The van der Waals surface area contributed by atoms with Crippen LogP contribution in [0.1, 0.15) is 30.1 Å². The molecule has 4 nitrogen and oxygen atoms in total. The highest BCUT2D eigenvalue weighted by Crippen LogP contribution is 2.35. The molecule has 1 saturated heterocycles. The van der Waals surface area contributed by atoms with Gasteiger partial charge in [0.05, 0.1) is 11.0 Å². The Hall–Kier alpha value is -0.880. The highest BCUT2D eigenvalue weighted by atomic mass is 79.9. The number of hydrogen-bond donors (Lipinski definition) is 1. The third kappa shape index (κ3) is 2.76. The predicted octanol–water partition coefficient (Wildman–Crippen LogP) is 3.54. The van der Waals surface area contributed by atoms with Crippen molar-refractivity contribution in [3.05, 3.63) is 32.7 Å². The lowest BCUT2D eigenvalue weighted by Crippen LogP contribution is -2.36. The first-order valence-corrected chi connectivity index (χ1v) is 7.96. The van der Waals surface area contributed by atoms with Gasteiger partial charge in [0, 0.05) is 22.0 Å². The van der Waals surface area contributed by atoms with Gasteiger partial charge in [0.2, 0.25) is 0 Å². The van der Waals surface area contributed by atoms with Crippen LogP contribution in [-0.4, -0.2) is 35.0 Å². The maximum Gasteiger partial charge on any atom is 0.311 e. The number of carboxylic acid groups (broad SMARTS) is 1. The lowest BCUT2D eigenvalue weighted by molar-refractivity contribution is -0.148. The lowest BCUT2D eigenvalue weighted by Gasteiger charge is -2.23. The number of carbonyl (C=O) groups is 2. The lowest BCUT2D eigenvalue weighted by atomic mass is 9.84. The number of rotatable bonds is 3. The molecule has 1 N–H and O–H groups in total. The van der Waals surface area contributed by atoms with Gasteiger partial charge in [0.1, 0.15) is 0 Å². The number of nitrogens with zero attached hydrogens (tertiary/aromatic N) is 1. The summed E-state index contributed by atoms with van der Waals surface area (Å²) in [4.78, 5) is 25.6. The van der Waals surface area contributed by atoms with E-state index in [9.17, 15) is 14.7 Å². The smallest absolute Gasteiger partial charge is 0.311 e. The van der Waals surface area contributed by atoms with E-state index in [0.717, 1.165) is 8.95 Å². The second kappa shape index (κ2) is 5.85. The van der Waals surface area contributed by atoms with Crippen molar-refractivity contribution in [2.24, 2.45) is 5.41 Å². The Morgan fingerprint density at radius 2 is 2.10 bits per heavy atom. The Labute approximate surface area is 134 Å². The van der Waals surface area contributed by atoms with Crippen LogP contribution in [0.3, 0.4) is 0 Å². The molecule has 0 aliphatic carbocycles. The quantitative estimate of drug-likeness (QED) is 0.838. The van der Waals surface area contributed by atoms with Crippen LogP contribution in [0.25, 0.3) is 0 Å². The average Bonchev–Trinajstić information content (AvgIpc) is 2.86. The minimum Gasteiger partial charge on any atom is -0.481 e. The first-order valence-electron chi connectivity index (χ1n) is 6.37. The van der Waals surface area contributed by atoms with Crippen molar-refractivity contribution in [3.8, 4) is 0 Å². The monoisotopic (exact) mass is 403 g/mol. The molecule has 1 aromatic rings. The third-order valence-corrected chi connectivity index (χ3v) is 5.12. The Kier molecular flexibility index (Phi) is 4.54. The summed E-state index contributed by atoms with van der Waals surface area (Å²) >= 11 is 6.71. The van der Waals surface area contributed by atoms with Crippen molar-refractivity contribution in [3.63, 3.8) is 0 Å². The summed E-state index contributed by atoms with van der Waals surface area (Å²) in [6.07, 6.45) is 1.04. The molecule has 6 heteroatoms. The predicted molar refractivity (Wildman–Crippen MR) is 82.7 cm³/mol. The van der Waals surface area contributed by atoms with Crippen LogP contribution in [0.15, 0.2) is 27.1 Å². The Morgan fingerprint density at radius 3 is 2.65 bits per heavy atom. The fraction of sp³-hybridized carbons (Fsp3) is 0.429. The molecule has 20 heavy (non-hydrogen) atoms. The summed E-state index contributed by atoms with van der Waals surface area (Å²) in [6, 6.07) is 5.40. The molecule has 0 saturated carbocycles. The number of likely N-dealkylation sites (tertiary alicyclic amines) is 1. The van der Waals surface area contributed by atoms with Crippen molar-refractivity contribution < 1.29 is 14.7 Å². The van der Waals surface area contributed by atoms with Crippen LogP contribution in [0.5, 0.6) is 0 Å². The van der Waals surface area contributed by atoms with Gasteiger partial charge in [0.15, 0.2) is 0 Å². The van der Waals surface area contributed by atoms with Gasteiger partial charge in [-0.2, -0.15) is 0 Å². The molecule has 2 rings (SSSR count). The van der Waals surface area contributed by atoms with Crippen LogP contribution in [-0.2, 0) is 4.79 Å². The molecular weight excluding hydrogens is 390 g/mol. The summed E-state index contributed by atoms with van der Waals surface area (Å²) in [5.41, 5.74) is -0.245. The van der Waals surface area contributed by atoms with Gasteiger partial charge in [0.25, 0.3) is 5.91 Å². The SMILES string of the molecule is CCC1(C(=O)O)CCN(C(=O)c2cc(Br)ccc2Br)C1. The van der Waals surface area contributed by atoms with Crippen LogP contribution in [0, 0.1) is 5.41 Å². The summed E-state index contributed by atoms with van der Waals surface area (Å²) in [5, 5.41) is 9.38. The van der Waals surface area contributed by atoms with E-state index in [1.807, 2.05) is 13.0 Å². The van der Waals surface area contributed by atoms with E-state index >= 15 is 0 Å². The molecule has 1 unspecified atom stereocenters. The molecule has 0 spiro atoms. The minimum absolute atomic E-state index is 0.130. The van der Waals surface area contributed by atoms with E-state index in [0.29, 0.717) is 24.9 Å². The normalized spacial score (nSPS) is 22.1. The van der Waals surface area contributed by atoms with Crippen LogP contribution >= 0.6 is 31.9 Å². The Morgan fingerprint density at radius 1 is 1.40 bits per heavy atom. The maximum atomic E-state index is 12.5. The molecule has 1 aliphatic heterocycles. The minimum atomic E-state index is -0.816. The number of carboxylic acids is 1. The van der Waals surface area contributed by atoms with Gasteiger partial charge in [-0.1, -0.05) is 22.9 Å². The van der Waals surface area contributed by atoms with Gasteiger partial charge in [-0.3, -0.25) is 9.59 Å². The largest absolute Gasteiger partial charge is 0.481 e. The molecule has 1 atom stereocenters. The molecule has 108 valence electrons. The molecule has 1 fully saturated rings. The average molecular weight is 405 g/mol. The molecular formula is C14H15Br2NO3. The topological polar surface area (TPSA) is 57.6 Å². The number of hydrogen-bond acceptors (Lipinski definition) is 2. The molecule has 0 bridgehead atoms. The second-order valence-corrected chi connectivity index (χ2v) is 6.81. The molecule has 1 aliphatic rings. The maximum absolute atomic E-state index is 12.5. The molecule has 0 radical (unpaired) electrons. The molecule has 1 aromatic carbocycles. The van der Waals surface area contributed by atoms with Gasteiger partial charge < -0.3 is 10.0 Å². The standard InChI is InChI=1S/C14H15Br2NO3/c1-2-14(13(19)20)5-6-17(8-14)12(18)10-7-9(15)3-4-11(10)16/h3-4,7H,2,5-6,8H2,1H3,(H,19,20). The Bertz CT molecular complexity index is 561. The first-order chi connectivity index (χ1) is 9.39. The zero-order chi connectivity index (χ0) is 14.9. The van der Waals surface area contributed by atoms with E-state index in [4.69, 9.17) is 0 Å². The van der Waals surface area contributed by atoms with Crippen LogP contribution in [0.4, 0.5) is 0 Å².